The summed E-state index contributed by atoms with van der Waals surface area (Å²) in [5.74, 6) is 0. The van der Waals surface area contributed by atoms with E-state index in [0.717, 1.165) is 11.1 Å². The maximum Gasteiger partial charge on any atom is 0.0867 e. The van der Waals surface area contributed by atoms with Gasteiger partial charge in [-0.1, -0.05) is 18.2 Å². The Morgan fingerprint density at radius 3 is 2.38 bits per heavy atom. The minimum atomic E-state index is -0.733. The summed E-state index contributed by atoms with van der Waals surface area (Å²) in [6, 6.07) is 5.58. The molecule has 16 heavy (non-hydrogen) atoms. The van der Waals surface area contributed by atoms with Gasteiger partial charge < -0.3 is 22.9 Å². The molecule has 1 aromatic rings. The zero-order valence-corrected chi connectivity index (χ0v) is 8.98. The third-order valence-corrected chi connectivity index (χ3v) is 2.67. The van der Waals surface area contributed by atoms with Gasteiger partial charge in [0, 0.05) is 6.42 Å². The third-order valence-electron chi connectivity index (χ3n) is 2.67. The van der Waals surface area contributed by atoms with E-state index in [1.807, 2.05) is 24.3 Å². The lowest BCUT2D eigenvalue weighted by Crippen LogP contribution is -2.47. The molecule has 1 aliphatic rings. The second-order valence-electron chi connectivity index (χ2n) is 4.15. The number of allylic oxidation sites excluding steroid dienone is 2. The topological polar surface area (TPSA) is 104 Å². The maximum absolute atomic E-state index is 5.77. The highest BCUT2D eigenvalue weighted by molar-refractivity contribution is 5.79. The highest BCUT2D eigenvalue weighted by atomic mass is 14.9. The summed E-state index contributed by atoms with van der Waals surface area (Å²) in [6.45, 7) is 0. The number of anilines is 2. The van der Waals surface area contributed by atoms with Crippen molar-refractivity contribution in [3.8, 4) is 0 Å². The van der Waals surface area contributed by atoms with Crippen molar-refractivity contribution in [2.75, 3.05) is 11.5 Å². The van der Waals surface area contributed by atoms with Crippen LogP contribution in [0, 0.1) is 0 Å². The molecule has 1 aliphatic carbocycles. The van der Waals surface area contributed by atoms with Crippen LogP contribution in [0.5, 0.6) is 0 Å². The molecule has 0 bridgehead atoms. The van der Waals surface area contributed by atoms with E-state index in [1.165, 1.54) is 0 Å². The zero-order valence-electron chi connectivity index (χ0n) is 8.98. The molecule has 0 heterocycles. The fourth-order valence-electron chi connectivity index (χ4n) is 1.64. The molecule has 0 radical (unpaired) electrons. The quantitative estimate of drug-likeness (QED) is 0.412. The number of hydrogen-bond donors (Lipinski definition) is 4. The minimum Gasteiger partial charge on any atom is -0.397 e. The number of hydrogen-bond acceptors (Lipinski definition) is 4. The molecule has 1 aromatic carbocycles. The molecule has 0 saturated heterocycles. The van der Waals surface area contributed by atoms with E-state index < -0.39 is 5.66 Å². The molecule has 8 N–H and O–H groups in total. The number of rotatable bonds is 1. The van der Waals surface area contributed by atoms with Gasteiger partial charge in [0.2, 0.25) is 0 Å². The first-order valence-corrected chi connectivity index (χ1v) is 5.10. The van der Waals surface area contributed by atoms with Gasteiger partial charge in [0.15, 0.2) is 0 Å². The largest absolute Gasteiger partial charge is 0.397 e. The van der Waals surface area contributed by atoms with Crippen molar-refractivity contribution < 1.29 is 0 Å². The highest BCUT2D eigenvalue weighted by Gasteiger charge is 2.17. The van der Waals surface area contributed by atoms with Crippen LogP contribution in [0.4, 0.5) is 11.4 Å². The summed E-state index contributed by atoms with van der Waals surface area (Å²) in [6.07, 6.45) is 6.33. The van der Waals surface area contributed by atoms with Crippen molar-refractivity contribution in [2.24, 2.45) is 11.5 Å². The molecule has 0 aliphatic heterocycles. The smallest absolute Gasteiger partial charge is 0.0867 e. The van der Waals surface area contributed by atoms with Crippen LogP contribution >= 0.6 is 0 Å². The third kappa shape index (κ3) is 2.08. The molecule has 0 spiro atoms. The second kappa shape index (κ2) is 3.66. The molecule has 0 unspecified atom stereocenters. The Bertz CT molecular complexity index is 472. The first kappa shape index (κ1) is 10.7. The summed E-state index contributed by atoms with van der Waals surface area (Å²) in [4.78, 5) is 0. The van der Waals surface area contributed by atoms with E-state index in [0.29, 0.717) is 17.8 Å². The van der Waals surface area contributed by atoms with E-state index in [9.17, 15) is 0 Å². The van der Waals surface area contributed by atoms with Crippen LogP contribution in [0.1, 0.15) is 12.0 Å². The number of nitrogen functional groups attached to an aromatic ring is 2. The Morgan fingerprint density at radius 2 is 1.81 bits per heavy atom. The second-order valence-corrected chi connectivity index (χ2v) is 4.15. The molecule has 0 saturated carbocycles. The van der Waals surface area contributed by atoms with Gasteiger partial charge in [-0.05, 0) is 29.3 Å². The maximum atomic E-state index is 5.77. The zero-order chi connectivity index (χ0) is 11.8. The summed E-state index contributed by atoms with van der Waals surface area (Å²) in [5.41, 5.74) is 25.5. The molecule has 0 atom stereocenters. The monoisotopic (exact) mass is 216 g/mol. The van der Waals surface area contributed by atoms with Crippen LogP contribution in [0.25, 0.3) is 5.57 Å². The van der Waals surface area contributed by atoms with Gasteiger partial charge in [0.1, 0.15) is 0 Å². The fourth-order valence-corrected chi connectivity index (χ4v) is 1.64. The van der Waals surface area contributed by atoms with Gasteiger partial charge in [-0.3, -0.25) is 0 Å². The molecule has 2 rings (SSSR count). The first-order valence-electron chi connectivity index (χ1n) is 5.10. The highest BCUT2D eigenvalue weighted by Crippen LogP contribution is 2.26. The lowest BCUT2D eigenvalue weighted by atomic mass is 9.94. The van der Waals surface area contributed by atoms with E-state index in [1.54, 1.807) is 12.1 Å². The van der Waals surface area contributed by atoms with Gasteiger partial charge >= 0.3 is 0 Å². The summed E-state index contributed by atoms with van der Waals surface area (Å²) >= 11 is 0. The van der Waals surface area contributed by atoms with Crippen LogP contribution in [-0.4, -0.2) is 5.66 Å². The average molecular weight is 216 g/mol. The average Bonchev–Trinajstić information content (AvgIpc) is 2.22. The van der Waals surface area contributed by atoms with Crippen LogP contribution in [0.15, 0.2) is 36.4 Å². The van der Waals surface area contributed by atoms with E-state index in [-0.39, 0.29) is 0 Å². The van der Waals surface area contributed by atoms with Crippen molar-refractivity contribution in [1.29, 1.82) is 0 Å². The molecule has 84 valence electrons. The van der Waals surface area contributed by atoms with Crippen LogP contribution in [0.2, 0.25) is 0 Å². The fraction of sp³-hybridized carbons (Fsp3) is 0.167. The normalized spacial score (nSPS) is 18.2. The molecular weight excluding hydrogens is 200 g/mol. The Balaban J connectivity index is 2.30. The van der Waals surface area contributed by atoms with E-state index >= 15 is 0 Å². The van der Waals surface area contributed by atoms with Crippen molar-refractivity contribution >= 4 is 16.9 Å². The van der Waals surface area contributed by atoms with Gasteiger partial charge in [0.05, 0.1) is 17.0 Å². The van der Waals surface area contributed by atoms with Crippen molar-refractivity contribution in [3.63, 3.8) is 0 Å². The molecule has 0 aromatic heterocycles. The Kier molecular flexibility index (Phi) is 2.46. The van der Waals surface area contributed by atoms with E-state index in [2.05, 4.69) is 0 Å². The summed E-state index contributed by atoms with van der Waals surface area (Å²) in [7, 11) is 0. The Hall–Kier alpha value is -1.78. The molecular formula is C12H16N4. The van der Waals surface area contributed by atoms with Gasteiger partial charge in [-0.25, -0.2) is 0 Å². The first-order chi connectivity index (χ1) is 7.48. The van der Waals surface area contributed by atoms with Crippen LogP contribution in [0.3, 0.4) is 0 Å². The van der Waals surface area contributed by atoms with Gasteiger partial charge in [-0.15, -0.1) is 0 Å². The van der Waals surface area contributed by atoms with E-state index in [4.69, 9.17) is 22.9 Å². The number of nitrogens with two attached hydrogens (primary N) is 4. The van der Waals surface area contributed by atoms with Crippen molar-refractivity contribution in [3.05, 3.63) is 42.0 Å². The van der Waals surface area contributed by atoms with Crippen molar-refractivity contribution in [1.82, 2.24) is 0 Å². The predicted molar refractivity (Wildman–Crippen MR) is 68.1 cm³/mol. The SMILES string of the molecule is Nc1ccc(C2=CCC(N)(N)C=C2)cc1N. The molecule has 4 nitrogen and oxygen atoms in total. The minimum absolute atomic E-state index is 0.587. The lowest BCUT2D eigenvalue weighted by Gasteiger charge is -2.22. The lowest BCUT2D eigenvalue weighted by molar-refractivity contribution is 0.559. The van der Waals surface area contributed by atoms with Gasteiger partial charge in [-0.2, -0.15) is 0 Å². The predicted octanol–water partition coefficient (Wildman–Crippen LogP) is 0.808. The van der Waals surface area contributed by atoms with Crippen LogP contribution in [-0.2, 0) is 0 Å². The Morgan fingerprint density at radius 1 is 1.06 bits per heavy atom. The van der Waals surface area contributed by atoms with Crippen molar-refractivity contribution in [2.45, 2.75) is 12.1 Å². The number of benzene rings is 1. The Labute approximate surface area is 94.6 Å². The van der Waals surface area contributed by atoms with Crippen LogP contribution < -0.4 is 22.9 Å². The standard InChI is InChI=1S/C12H16N4/c13-10-2-1-9(7-11(10)14)8-3-5-12(15,16)6-4-8/h1-5,7H,6,13-16H2. The molecule has 4 heteroatoms. The summed E-state index contributed by atoms with van der Waals surface area (Å²) in [5, 5.41) is 0. The summed E-state index contributed by atoms with van der Waals surface area (Å²) < 4.78 is 0. The van der Waals surface area contributed by atoms with Gasteiger partial charge in [0.25, 0.3) is 0 Å². The molecule has 0 fully saturated rings. The molecule has 0 amide bonds.